The molecule has 0 bridgehead atoms. The van der Waals surface area contributed by atoms with Gasteiger partial charge in [-0.25, -0.2) is 9.97 Å². The van der Waals surface area contributed by atoms with Crippen LogP contribution in [-0.2, 0) is 13.0 Å². The van der Waals surface area contributed by atoms with E-state index < -0.39 is 0 Å². The molecule has 0 spiro atoms. The first-order chi connectivity index (χ1) is 14.1. The second-order valence-electron chi connectivity index (χ2n) is 8.03. The minimum Gasteiger partial charge on any atom is -0.383 e. The molecule has 0 aliphatic carbocycles. The number of aromatic amines is 1. The van der Waals surface area contributed by atoms with Gasteiger partial charge in [-0.3, -0.25) is 0 Å². The smallest absolute Gasteiger partial charge is 0.144 e. The molecule has 0 amide bonds. The van der Waals surface area contributed by atoms with Crippen molar-refractivity contribution in [1.82, 2.24) is 20.3 Å². The number of H-pyrrole nitrogens is 1. The van der Waals surface area contributed by atoms with Crippen molar-refractivity contribution in [3.63, 3.8) is 0 Å². The molecule has 1 saturated heterocycles. The molecule has 1 unspecified atom stereocenters. The molecule has 29 heavy (non-hydrogen) atoms. The maximum absolute atomic E-state index is 9.41. The Balaban J connectivity index is 1.31. The second-order valence-corrected chi connectivity index (χ2v) is 8.03. The molecular weight excluding hydrogens is 364 g/mol. The zero-order chi connectivity index (χ0) is 19.8. The zero-order valence-corrected chi connectivity index (χ0v) is 16.2. The molecule has 0 saturated carbocycles. The molecule has 8 nitrogen and oxygen atoms in total. The molecule has 1 fully saturated rings. The minimum atomic E-state index is -0.367. The Morgan fingerprint density at radius 3 is 3.14 bits per heavy atom. The summed E-state index contributed by atoms with van der Waals surface area (Å²) in [5, 5.41) is 17.1. The van der Waals surface area contributed by atoms with Crippen molar-refractivity contribution < 1.29 is 0 Å². The van der Waals surface area contributed by atoms with E-state index in [0.29, 0.717) is 24.3 Å². The van der Waals surface area contributed by atoms with Crippen LogP contribution in [0.5, 0.6) is 0 Å². The number of fused-ring (bicyclic) bond motifs is 2. The lowest BCUT2D eigenvalue weighted by Crippen LogP contribution is -2.48. The van der Waals surface area contributed by atoms with Gasteiger partial charge < -0.3 is 26.3 Å². The summed E-state index contributed by atoms with van der Waals surface area (Å²) in [5.74, 6) is 0.778. The summed E-state index contributed by atoms with van der Waals surface area (Å²) >= 11 is 0. The van der Waals surface area contributed by atoms with E-state index in [1.54, 1.807) is 6.20 Å². The van der Waals surface area contributed by atoms with Gasteiger partial charge in [0.1, 0.15) is 23.9 Å². The normalized spacial score (nSPS) is 21.2. The number of aromatic nitrogens is 3. The number of nitrogens with one attached hydrogen (secondary N) is 3. The fourth-order valence-corrected chi connectivity index (χ4v) is 4.36. The van der Waals surface area contributed by atoms with Gasteiger partial charge in [0.05, 0.1) is 16.5 Å². The van der Waals surface area contributed by atoms with Crippen LogP contribution in [0.1, 0.15) is 23.1 Å². The van der Waals surface area contributed by atoms with Gasteiger partial charge in [-0.15, -0.1) is 0 Å². The molecule has 148 valence electrons. The van der Waals surface area contributed by atoms with E-state index in [2.05, 4.69) is 54.8 Å². The lowest BCUT2D eigenvalue weighted by atomic mass is 9.98. The predicted octanol–water partition coefficient (Wildman–Crippen LogP) is 1.49. The number of nitrogens with zero attached hydrogens (tertiary/aromatic N) is 4. The monoisotopic (exact) mass is 388 g/mol. The third kappa shape index (κ3) is 3.28. The highest BCUT2D eigenvalue weighted by Gasteiger charge is 2.36. The number of nitriles is 1. The molecule has 4 heterocycles. The van der Waals surface area contributed by atoms with Crippen molar-refractivity contribution >= 4 is 22.5 Å². The van der Waals surface area contributed by atoms with E-state index in [1.165, 1.54) is 17.5 Å². The number of rotatable bonds is 4. The van der Waals surface area contributed by atoms with Crippen LogP contribution in [0.15, 0.2) is 30.7 Å². The highest BCUT2D eigenvalue weighted by molar-refractivity contribution is 5.93. The fourth-order valence-electron chi connectivity index (χ4n) is 4.36. The van der Waals surface area contributed by atoms with E-state index in [0.717, 1.165) is 49.4 Å². The molecule has 8 heteroatoms. The van der Waals surface area contributed by atoms with Crippen molar-refractivity contribution in [2.75, 3.05) is 36.4 Å². The second kappa shape index (κ2) is 7.03. The van der Waals surface area contributed by atoms with Gasteiger partial charge in [-0.1, -0.05) is 6.07 Å². The van der Waals surface area contributed by atoms with Crippen LogP contribution < -0.4 is 21.3 Å². The lowest BCUT2D eigenvalue weighted by molar-refractivity contribution is 0.499. The Hall–Kier alpha value is -3.15. The van der Waals surface area contributed by atoms with Gasteiger partial charge in [0, 0.05) is 38.1 Å². The third-order valence-electron chi connectivity index (χ3n) is 5.99. The van der Waals surface area contributed by atoms with Crippen LogP contribution in [0.2, 0.25) is 0 Å². The van der Waals surface area contributed by atoms with Gasteiger partial charge in [0.2, 0.25) is 0 Å². The van der Waals surface area contributed by atoms with E-state index in [-0.39, 0.29) is 5.54 Å². The van der Waals surface area contributed by atoms with Gasteiger partial charge in [-0.2, -0.15) is 5.26 Å². The molecule has 1 atom stereocenters. The topological polar surface area (TPSA) is 119 Å². The van der Waals surface area contributed by atoms with E-state index in [1.807, 2.05) is 0 Å². The first-order valence-corrected chi connectivity index (χ1v) is 9.98. The molecule has 5 rings (SSSR count). The van der Waals surface area contributed by atoms with Crippen LogP contribution in [-0.4, -0.2) is 46.7 Å². The van der Waals surface area contributed by atoms with Crippen LogP contribution in [0.4, 0.5) is 11.5 Å². The Morgan fingerprint density at radius 2 is 2.24 bits per heavy atom. The fraction of sp³-hybridized carbons (Fsp3) is 0.381. The van der Waals surface area contributed by atoms with Crippen LogP contribution in [0.3, 0.4) is 0 Å². The maximum atomic E-state index is 9.41. The quantitative estimate of drug-likeness (QED) is 0.535. The van der Waals surface area contributed by atoms with E-state index >= 15 is 0 Å². The average molecular weight is 388 g/mol. The van der Waals surface area contributed by atoms with Crippen molar-refractivity contribution in [1.29, 1.82) is 5.26 Å². The number of hydrogen-bond acceptors (Lipinski definition) is 7. The number of anilines is 2. The average Bonchev–Trinajstić information content (AvgIpc) is 3.36. The van der Waals surface area contributed by atoms with Crippen molar-refractivity contribution in [3.05, 3.63) is 47.4 Å². The van der Waals surface area contributed by atoms with E-state index in [9.17, 15) is 5.26 Å². The molecule has 1 aromatic carbocycles. The molecule has 0 radical (unpaired) electrons. The first kappa shape index (κ1) is 17.9. The van der Waals surface area contributed by atoms with Gasteiger partial charge in [0.15, 0.2) is 0 Å². The van der Waals surface area contributed by atoms with Gasteiger partial charge in [-0.05, 0) is 42.6 Å². The standard InChI is InChI=1S/C21H24N8/c22-8-16-10-25-19-18(16)20(28-13-27-19)29-6-4-21(23,12-29)11-26-17-2-1-14-3-5-24-9-15(14)7-17/h1-2,7,10,13,24,26H,3-6,9,11-12,23H2,(H,25,27,28). The summed E-state index contributed by atoms with van der Waals surface area (Å²) in [7, 11) is 0. The van der Waals surface area contributed by atoms with Gasteiger partial charge in [0.25, 0.3) is 0 Å². The van der Waals surface area contributed by atoms with Crippen molar-refractivity contribution in [2.24, 2.45) is 5.73 Å². The summed E-state index contributed by atoms with van der Waals surface area (Å²) in [4.78, 5) is 13.9. The lowest BCUT2D eigenvalue weighted by Gasteiger charge is -2.26. The Kier molecular flexibility index (Phi) is 4.34. The number of nitrogens with two attached hydrogens (primary N) is 1. The summed E-state index contributed by atoms with van der Waals surface area (Å²) in [6.45, 7) is 4.13. The Morgan fingerprint density at radius 1 is 1.31 bits per heavy atom. The highest BCUT2D eigenvalue weighted by atomic mass is 15.2. The van der Waals surface area contributed by atoms with Gasteiger partial charge >= 0.3 is 0 Å². The molecule has 5 N–H and O–H groups in total. The van der Waals surface area contributed by atoms with Crippen LogP contribution in [0.25, 0.3) is 11.0 Å². The molecule has 2 aliphatic heterocycles. The highest BCUT2D eigenvalue weighted by Crippen LogP contribution is 2.31. The summed E-state index contributed by atoms with van der Waals surface area (Å²) in [5.41, 5.74) is 11.5. The van der Waals surface area contributed by atoms with Crippen LogP contribution in [0, 0.1) is 11.3 Å². The first-order valence-electron chi connectivity index (χ1n) is 9.98. The van der Waals surface area contributed by atoms with Crippen molar-refractivity contribution in [2.45, 2.75) is 24.9 Å². The number of hydrogen-bond donors (Lipinski definition) is 4. The van der Waals surface area contributed by atoms with Crippen LogP contribution >= 0.6 is 0 Å². The summed E-state index contributed by atoms with van der Waals surface area (Å²) in [6.07, 6.45) is 5.15. The minimum absolute atomic E-state index is 0.367. The molecule has 2 aliphatic rings. The largest absolute Gasteiger partial charge is 0.383 e. The zero-order valence-electron chi connectivity index (χ0n) is 16.2. The molecule has 2 aromatic heterocycles. The Bertz CT molecular complexity index is 1100. The SMILES string of the molecule is N#Cc1c[nH]c2ncnc(N3CCC(N)(CNc4ccc5c(c4)CNCC5)C3)c12. The third-order valence-corrected chi connectivity index (χ3v) is 5.99. The number of benzene rings is 1. The molecular formula is C21H24N8. The van der Waals surface area contributed by atoms with E-state index in [4.69, 9.17) is 5.73 Å². The summed E-state index contributed by atoms with van der Waals surface area (Å²) in [6, 6.07) is 8.81. The van der Waals surface area contributed by atoms with Crippen molar-refractivity contribution in [3.8, 4) is 6.07 Å². The predicted molar refractivity (Wildman–Crippen MR) is 113 cm³/mol. The Labute approximate surface area is 169 Å². The molecule has 3 aromatic rings. The summed E-state index contributed by atoms with van der Waals surface area (Å²) < 4.78 is 0. The maximum Gasteiger partial charge on any atom is 0.144 e.